The van der Waals surface area contributed by atoms with Crippen LogP contribution in [0.5, 0.6) is 0 Å². The van der Waals surface area contributed by atoms with Gasteiger partial charge in [-0.05, 0) is 30.3 Å². The first-order valence-electron chi connectivity index (χ1n) is 7.26. The van der Waals surface area contributed by atoms with Gasteiger partial charge < -0.3 is 10.1 Å². The van der Waals surface area contributed by atoms with Crippen LogP contribution in [-0.2, 0) is 15.7 Å². The van der Waals surface area contributed by atoms with Gasteiger partial charge in [0.25, 0.3) is 11.6 Å². The first-order valence-corrected chi connectivity index (χ1v) is 8.02. The molecule has 12 heteroatoms. The highest BCUT2D eigenvalue weighted by Crippen LogP contribution is 2.36. The van der Waals surface area contributed by atoms with E-state index in [0.717, 1.165) is 30.3 Å². The quantitative estimate of drug-likeness (QED) is 0.415. The monoisotopic (exact) mass is 436 g/mol. The van der Waals surface area contributed by atoms with Crippen molar-refractivity contribution in [3.8, 4) is 0 Å². The van der Waals surface area contributed by atoms with Crippen LogP contribution in [0, 0.1) is 10.1 Å². The molecule has 7 nitrogen and oxygen atoms in total. The molecule has 0 spiro atoms. The number of hydrogen-bond acceptors (Lipinski definition) is 5. The molecule has 2 aromatic carbocycles. The lowest BCUT2D eigenvalue weighted by Gasteiger charge is -2.12. The van der Waals surface area contributed by atoms with Crippen molar-refractivity contribution in [2.24, 2.45) is 0 Å². The zero-order valence-electron chi connectivity index (χ0n) is 13.5. The summed E-state index contributed by atoms with van der Waals surface area (Å²) in [7, 11) is 0. The molecule has 0 saturated heterocycles. The van der Waals surface area contributed by atoms with Gasteiger partial charge in [0.05, 0.1) is 21.1 Å². The number of nitrogens with zero attached hydrogens (tertiary/aromatic N) is 1. The number of benzene rings is 2. The highest BCUT2D eigenvalue weighted by atomic mass is 35.5. The Bertz CT molecular complexity index is 950. The third-order valence-electron chi connectivity index (χ3n) is 3.27. The predicted octanol–water partition coefficient (Wildman–Crippen LogP) is 4.72. The number of amides is 1. The van der Waals surface area contributed by atoms with Crippen LogP contribution in [0.3, 0.4) is 0 Å². The molecule has 0 radical (unpaired) electrons. The molecule has 28 heavy (non-hydrogen) atoms. The Morgan fingerprint density at radius 2 is 1.75 bits per heavy atom. The molecule has 0 aliphatic heterocycles. The number of nitro benzene ring substituents is 1. The van der Waals surface area contributed by atoms with Gasteiger partial charge >= 0.3 is 12.1 Å². The maximum Gasteiger partial charge on any atom is 0.417 e. The summed E-state index contributed by atoms with van der Waals surface area (Å²) < 4.78 is 43.1. The molecule has 148 valence electrons. The summed E-state index contributed by atoms with van der Waals surface area (Å²) in [6.45, 7) is -0.834. The summed E-state index contributed by atoms with van der Waals surface area (Å²) in [5, 5.41) is 12.2. The Kier molecular flexibility index (Phi) is 6.47. The average Bonchev–Trinajstić information content (AvgIpc) is 2.60. The number of hydrogen-bond donors (Lipinski definition) is 1. The zero-order valence-corrected chi connectivity index (χ0v) is 15.1. The zero-order chi connectivity index (χ0) is 21.1. The van der Waals surface area contributed by atoms with Crippen LogP contribution in [-0.4, -0.2) is 23.4 Å². The third kappa shape index (κ3) is 5.33. The summed E-state index contributed by atoms with van der Waals surface area (Å²) in [6.07, 6.45) is -4.71. The second-order valence-corrected chi connectivity index (χ2v) is 6.05. The van der Waals surface area contributed by atoms with Gasteiger partial charge in [-0.1, -0.05) is 23.2 Å². The van der Waals surface area contributed by atoms with Crippen molar-refractivity contribution < 1.29 is 32.4 Å². The Labute approximate surface area is 165 Å². The van der Waals surface area contributed by atoms with E-state index in [0.29, 0.717) is 6.07 Å². The Morgan fingerprint density at radius 3 is 2.36 bits per heavy atom. The Morgan fingerprint density at radius 1 is 1.11 bits per heavy atom. The third-order valence-corrected chi connectivity index (χ3v) is 3.92. The molecule has 1 N–H and O–H groups in total. The van der Waals surface area contributed by atoms with E-state index in [2.05, 4.69) is 5.32 Å². The number of alkyl halides is 3. The molecule has 0 unspecified atom stereocenters. The number of rotatable bonds is 5. The SMILES string of the molecule is O=C(COC(=O)c1ccc(Cl)c([N+](=O)[O-])c1)Nc1ccc(Cl)c(C(F)(F)F)c1. The number of carbonyl (C=O) groups is 2. The number of halogens is 5. The number of carbonyl (C=O) groups excluding carboxylic acids is 2. The fourth-order valence-electron chi connectivity index (χ4n) is 2.01. The number of esters is 1. The van der Waals surface area contributed by atoms with Crippen molar-refractivity contribution in [2.75, 3.05) is 11.9 Å². The van der Waals surface area contributed by atoms with Gasteiger partial charge in [-0.3, -0.25) is 14.9 Å². The van der Waals surface area contributed by atoms with Crippen LogP contribution in [0.25, 0.3) is 0 Å². The first kappa shape index (κ1) is 21.5. The summed E-state index contributed by atoms with van der Waals surface area (Å²) in [5.41, 5.74) is -2.10. The van der Waals surface area contributed by atoms with Crippen LogP contribution in [0.15, 0.2) is 36.4 Å². The Hall–Kier alpha value is -2.85. The van der Waals surface area contributed by atoms with E-state index in [9.17, 15) is 32.9 Å². The molecule has 0 saturated carbocycles. The molecule has 0 bridgehead atoms. The molecule has 2 aromatic rings. The van der Waals surface area contributed by atoms with E-state index < -0.39 is 45.9 Å². The summed E-state index contributed by atoms with van der Waals surface area (Å²) in [4.78, 5) is 33.7. The maximum absolute atomic E-state index is 12.8. The molecular formula is C16H9Cl2F3N2O5. The standard InChI is InChI=1S/C16H9Cl2F3N2O5/c17-11-4-2-9(6-10(11)16(19,20)21)22-14(24)7-28-15(25)8-1-3-12(18)13(5-8)23(26)27/h1-6H,7H2,(H,22,24). The fourth-order valence-corrected chi connectivity index (χ4v) is 2.42. The topological polar surface area (TPSA) is 98.5 Å². The molecule has 2 rings (SSSR count). The van der Waals surface area contributed by atoms with Gasteiger partial charge in [0.1, 0.15) is 5.02 Å². The summed E-state index contributed by atoms with van der Waals surface area (Å²) in [5.74, 6) is -1.98. The van der Waals surface area contributed by atoms with Crippen LogP contribution in [0.4, 0.5) is 24.5 Å². The molecular weight excluding hydrogens is 428 g/mol. The minimum Gasteiger partial charge on any atom is -0.452 e. The molecule has 0 aliphatic carbocycles. The minimum absolute atomic E-state index is 0.192. The van der Waals surface area contributed by atoms with E-state index in [4.69, 9.17) is 27.9 Å². The van der Waals surface area contributed by atoms with Crippen LogP contribution in [0.2, 0.25) is 10.0 Å². The van der Waals surface area contributed by atoms with Crippen molar-refractivity contribution >= 4 is 46.5 Å². The number of anilines is 1. The highest BCUT2D eigenvalue weighted by molar-refractivity contribution is 6.32. The predicted molar refractivity (Wildman–Crippen MR) is 93.5 cm³/mol. The number of nitrogens with one attached hydrogen (secondary N) is 1. The second-order valence-electron chi connectivity index (χ2n) is 5.24. The minimum atomic E-state index is -4.71. The summed E-state index contributed by atoms with van der Waals surface area (Å²) in [6, 6.07) is 5.87. The molecule has 0 aromatic heterocycles. The highest BCUT2D eigenvalue weighted by Gasteiger charge is 2.33. The number of ether oxygens (including phenoxy) is 1. The van der Waals surface area contributed by atoms with Gasteiger partial charge in [-0.2, -0.15) is 13.2 Å². The lowest BCUT2D eigenvalue weighted by molar-refractivity contribution is -0.384. The van der Waals surface area contributed by atoms with Crippen molar-refractivity contribution in [1.29, 1.82) is 0 Å². The van der Waals surface area contributed by atoms with Gasteiger partial charge in [-0.25, -0.2) is 4.79 Å². The first-order chi connectivity index (χ1) is 13.0. The van der Waals surface area contributed by atoms with Gasteiger partial charge in [0, 0.05) is 11.8 Å². The van der Waals surface area contributed by atoms with Crippen molar-refractivity contribution in [1.82, 2.24) is 0 Å². The molecule has 1 amide bonds. The van der Waals surface area contributed by atoms with Crippen molar-refractivity contribution in [3.63, 3.8) is 0 Å². The van der Waals surface area contributed by atoms with Gasteiger partial charge in [-0.15, -0.1) is 0 Å². The van der Waals surface area contributed by atoms with E-state index >= 15 is 0 Å². The Balaban J connectivity index is 2.02. The molecule has 0 atom stereocenters. The van der Waals surface area contributed by atoms with E-state index in [1.165, 1.54) is 0 Å². The van der Waals surface area contributed by atoms with E-state index in [1.807, 2.05) is 0 Å². The van der Waals surface area contributed by atoms with Gasteiger partial charge in [0.15, 0.2) is 6.61 Å². The van der Waals surface area contributed by atoms with E-state index in [1.54, 1.807) is 0 Å². The maximum atomic E-state index is 12.8. The second kappa shape index (κ2) is 8.44. The van der Waals surface area contributed by atoms with Crippen molar-refractivity contribution in [2.45, 2.75) is 6.18 Å². The number of nitro groups is 1. The lowest BCUT2D eigenvalue weighted by Crippen LogP contribution is -2.21. The van der Waals surface area contributed by atoms with Crippen LogP contribution < -0.4 is 5.32 Å². The smallest absolute Gasteiger partial charge is 0.417 e. The van der Waals surface area contributed by atoms with Gasteiger partial charge in [0.2, 0.25) is 0 Å². The fraction of sp³-hybridized carbons (Fsp3) is 0.125. The largest absolute Gasteiger partial charge is 0.452 e. The molecule has 0 fully saturated rings. The lowest BCUT2D eigenvalue weighted by atomic mass is 10.2. The van der Waals surface area contributed by atoms with Crippen LogP contribution >= 0.6 is 23.2 Å². The molecule has 0 aliphatic rings. The average molecular weight is 437 g/mol. The van der Waals surface area contributed by atoms with Crippen LogP contribution in [0.1, 0.15) is 15.9 Å². The van der Waals surface area contributed by atoms with Crippen molar-refractivity contribution in [3.05, 3.63) is 67.7 Å². The molecule has 0 heterocycles. The van der Waals surface area contributed by atoms with E-state index in [-0.39, 0.29) is 16.3 Å². The normalized spacial score (nSPS) is 11.0. The summed E-state index contributed by atoms with van der Waals surface area (Å²) >= 11 is 11.1.